The second kappa shape index (κ2) is 4.82. The zero-order chi connectivity index (χ0) is 13.2. The number of halogens is 5. The first-order valence-corrected chi connectivity index (χ1v) is 4.10. The largest absolute Gasteiger partial charge is 0.503 e. The van der Waals surface area contributed by atoms with Gasteiger partial charge in [0, 0.05) is 0 Å². The fourth-order valence-electron chi connectivity index (χ4n) is 1.10. The van der Waals surface area contributed by atoms with Gasteiger partial charge >= 0.3 is 0 Å². The van der Waals surface area contributed by atoms with E-state index in [-0.39, 0.29) is 0 Å². The molecule has 0 saturated carbocycles. The quantitative estimate of drug-likeness (QED) is 0.265. The van der Waals surface area contributed by atoms with E-state index in [0.717, 1.165) is 7.11 Å². The zero-order valence-electron chi connectivity index (χ0n) is 8.32. The standard InChI is InChI=1S/C10H4F5NO/c1-17-3-4(2-16)5-6(11)8(13)10(15)9(14)7(5)12/h3H,1H3/b4-3-. The number of hydrogen-bond acceptors (Lipinski definition) is 2. The maximum atomic E-state index is 13.2. The summed E-state index contributed by atoms with van der Waals surface area (Å²) in [7, 11) is 1.06. The van der Waals surface area contributed by atoms with Crippen LogP contribution in [-0.4, -0.2) is 7.11 Å². The van der Waals surface area contributed by atoms with Crippen LogP contribution in [0.25, 0.3) is 5.57 Å². The van der Waals surface area contributed by atoms with Crippen LogP contribution in [0, 0.1) is 40.4 Å². The molecule has 17 heavy (non-hydrogen) atoms. The van der Waals surface area contributed by atoms with Crippen LogP contribution in [0.1, 0.15) is 5.56 Å². The molecule has 2 nitrogen and oxygen atoms in total. The van der Waals surface area contributed by atoms with Gasteiger partial charge in [0.1, 0.15) is 12.3 Å². The number of allylic oxidation sites excluding steroid dienone is 1. The lowest BCUT2D eigenvalue weighted by molar-refractivity contribution is 0.339. The highest BCUT2D eigenvalue weighted by Gasteiger charge is 2.27. The first-order valence-electron chi connectivity index (χ1n) is 4.10. The zero-order valence-corrected chi connectivity index (χ0v) is 8.32. The fourth-order valence-corrected chi connectivity index (χ4v) is 1.10. The molecule has 0 spiro atoms. The molecule has 0 unspecified atom stereocenters. The summed E-state index contributed by atoms with van der Waals surface area (Å²) in [5.41, 5.74) is -2.12. The van der Waals surface area contributed by atoms with Gasteiger partial charge in [0.05, 0.1) is 18.2 Å². The monoisotopic (exact) mass is 249 g/mol. The number of methoxy groups -OCH3 is 1. The van der Waals surface area contributed by atoms with Crippen molar-refractivity contribution in [3.8, 4) is 6.07 Å². The Morgan fingerprint density at radius 3 is 1.76 bits per heavy atom. The molecule has 0 bridgehead atoms. The minimum Gasteiger partial charge on any atom is -0.503 e. The van der Waals surface area contributed by atoms with E-state index in [4.69, 9.17) is 5.26 Å². The van der Waals surface area contributed by atoms with Gasteiger partial charge in [0.2, 0.25) is 5.82 Å². The number of rotatable bonds is 2. The van der Waals surface area contributed by atoms with Crippen LogP contribution in [0.4, 0.5) is 22.0 Å². The Bertz CT molecular complexity index is 503. The molecule has 0 heterocycles. The average Bonchev–Trinajstić information content (AvgIpc) is 2.33. The third-order valence-electron chi connectivity index (χ3n) is 1.84. The van der Waals surface area contributed by atoms with Crippen LogP contribution in [-0.2, 0) is 4.74 Å². The Morgan fingerprint density at radius 1 is 1.00 bits per heavy atom. The Kier molecular flexibility index (Phi) is 3.68. The lowest BCUT2D eigenvalue weighted by atomic mass is 10.1. The highest BCUT2D eigenvalue weighted by atomic mass is 19.2. The van der Waals surface area contributed by atoms with E-state index in [2.05, 4.69) is 4.74 Å². The van der Waals surface area contributed by atoms with E-state index in [1.807, 2.05) is 0 Å². The average molecular weight is 249 g/mol. The van der Waals surface area contributed by atoms with Crippen molar-refractivity contribution in [1.82, 2.24) is 0 Å². The number of ether oxygens (including phenoxy) is 1. The highest BCUT2D eigenvalue weighted by molar-refractivity contribution is 5.76. The molecule has 0 atom stereocenters. The summed E-state index contributed by atoms with van der Waals surface area (Å²) in [6.45, 7) is 0. The van der Waals surface area contributed by atoms with E-state index in [1.165, 1.54) is 6.07 Å². The van der Waals surface area contributed by atoms with Gasteiger partial charge in [0.25, 0.3) is 0 Å². The van der Waals surface area contributed by atoms with Crippen LogP contribution in [0.5, 0.6) is 0 Å². The predicted molar refractivity (Wildman–Crippen MR) is 46.8 cm³/mol. The van der Waals surface area contributed by atoms with Gasteiger partial charge in [-0.3, -0.25) is 0 Å². The first-order chi connectivity index (χ1) is 7.95. The number of hydrogen-bond donors (Lipinski definition) is 0. The van der Waals surface area contributed by atoms with Crippen LogP contribution in [0.2, 0.25) is 0 Å². The van der Waals surface area contributed by atoms with E-state index in [0.29, 0.717) is 6.26 Å². The molecule has 0 aromatic heterocycles. The Hall–Kier alpha value is -2.10. The highest BCUT2D eigenvalue weighted by Crippen LogP contribution is 2.28. The van der Waals surface area contributed by atoms with Crippen molar-refractivity contribution in [3.63, 3.8) is 0 Å². The lowest BCUT2D eigenvalue weighted by Gasteiger charge is -2.06. The number of benzene rings is 1. The van der Waals surface area contributed by atoms with Gasteiger partial charge in [-0.25, -0.2) is 22.0 Å². The summed E-state index contributed by atoms with van der Waals surface area (Å²) < 4.78 is 69.0. The van der Waals surface area contributed by atoms with Crippen LogP contribution in [0.15, 0.2) is 6.26 Å². The Morgan fingerprint density at radius 2 is 1.41 bits per heavy atom. The summed E-state index contributed by atoms with van der Waals surface area (Å²) in [5.74, 6) is -10.7. The molecular formula is C10H4F5NO. The lowest BCUT2D eigenvalue weighted by Crippen LogP contribution is -2.06. The van der Waals surface area contributed by atoms with Crippen molar-refractivity contribution in [2.45, 2.75) is 0 Å². The maximum Gasteiger partial charge on any atom is 0.200 e. The summed E-state index contributed by atoms with van der Waals surface area (Å²) in [6, 6.07) is 1.28. The molecule has 0 aliphatic carbocycles. The molecule has 1 aromatic carbocycles. The Labute approximate surface area is 92.5 Å². The molecule has 1 aromatic rings. The maximum absolute atomic E-state index is 13.2. The smallest absolute Gasteiger partial charge is 0.200 e. The predicted octanol–water partition coefficient (Wildman–Crippen LogP) is 2.89. The molecule has 0 aliphatic rings. The van der Waals surface area contributed by atoms with Crippen molar-refractivity contribution >= 4 is 5.57 Å². The Balaban J connectivity index is 3.67. The van der Waals surface area contributed by atoms with Gasteiger partial charge in [-0.1, -0.05) is 0 Å². The topological polar surface area (TPSA) is 33.0 Å². The van der Waals surface area contributed by atoms with E-state index >= 15 is 0 Å². The first kappa shape index (κ1) is 13.0. The van der Waals surface area contributed by atoms with Crippen molar-refractivity contribution in [1.29, 1.82) is 5.26 Å². The molecular weight excluding hydrogens is 245 g/mol. The molecule has 0 N–H and O–H groups in total. The molecule has 0 fully saturated rings. The summed E-state index contributed by atoms with van der Waals surface area (Å²) >= 11 is 0. The van der Waals surface area contributed by atoms with Crippen LogP contribution >= 0.6 is 0 Å². The van der Waals surface area contributed by atoms with Gasteiger partial charge in [-0.2, -0.15) is 5.26 Å². The molecule has 7 heteroatoms. The summed E-state index contributed by atoms with van der Waals surface area (Å²) in [5, 5.41) is 8.54. The second-order valence-electron chi connectivity index (χ2n) is 2.82. The number of nitrogens with zero attached hydrogens (tertiary/aromatic N) is 1. The normalized spacial score (nSPS) is 11.2. The molecule has 0 amide bonds. The molecule has 90 valence electrons. The van der Waals surface area contributed by atoms with Gasteiger partial charge < -0.3 is 4.74 Å². The van der Waals surface area contributed by atoms with E-state index in [9.17, 15) is 22.0 Å². The third kappa shape index (κ3) is 2.06. The van der Waals surface area contributed by atoms with Crippen molar-refractivity contribution in [3.05, 3.63) is 40.9 Å². The molecule has 0 aliphatic heterocycles. The van der Waals surface area contributed by atoms with Gasteiger partial charge in [-0.05, 0) is 0 Å². The fraction of sp³-hybridized carbons (Fsp3) is 0.100. The van der Waals surface area contributed by atoms with Crippen molar-refractivity contribution < 1.29 is 26.7 Å². The number of nitriles is 1. The van der Waals surface area contributed by atoms with Crippen molar-refractivity contribution in [2.75, 3.05) is 7.11 Å². The van der Waals surface area contributed by atoms with Gasteiger partial charge in [0.15, 0.2) is 23.3 Å². The van der Waals surface area contributed by atoms with Crippen LogP contribution in [0.3, 0.4) is 0 Å². The van der Waals surface area contributed by atoms with Crippen molar-refractivity contribution in [2.24, 2.45) is 0 Å². The third-order valence-corrected chi connectivity index (χ3v) is 1.84. The minimum absolute atomic E-state index is 0.582. The summed E-state index contributed by atoms with van der Waals surface area (Å²) in [4.78, 5) is 0. The second-order valence-corrected chi connectivity index (χ2v) is 2.82. The molecule has 0 radical (unpaired) electrons. The van der Waals surface area contributed by atoms with E-state index < -0.39 is 40.2 Å². The van der Waals surface area contributed by atoms with Gasteiger partial charge in [-0.15, -0.1) is 0 Å². The molecule has 0 saturated heterocycles. The minimum atomic E-state index is -2.28. The summed E-state index contributed by atoms with van der Waals surface area (Å²) in [6.07, 6.45) is 0.582. The molecule has 1 rings (SSSR count). The SMILES string of the molecule is CO/C=C(/C#N)c1c(F)c(F)c(F)c(F)c1F. The van der Waals surface area contributed by atoms with E-state index in [1.54, 1.807) is 0 Å². The van der Waals surface area contributed by atoms with Crippen LogP contribution < -0.4 is 0 Å².